The average molecular weight is 48.7 g/mol. The maximum Gasteiger partial charge on any atom is 0.101 e. The summed E-state index contributed by atoms with van der Waals surface area (Å²) in [6.07, 6.45) is 1.14. The van der Waals surface area contributed by atoms with Crippen molar-refractivity contribution in [3.05, 3.63) is 0 Å². The molecule has 0 amide bonds. The Balaban J connectivity index is 2.17. The molecule has 1 fully saturated rings. The summed E-state index contributed by atoms with van der Waals surface area (Å²) in [6.45, 7) is 0. The lowest BCUT2D eigenvalue weighted by Crippen LogP contribution is -1.54. The van der Waals surface area contributed by atoms with Gasteiger partial charge in [0.15, 0.2) is 0 Å². The summed E-state index contributed by atoms with van der Waals surface area (Å²) < 4.78 is 0. The van der Waals surface area contributed by atoms with Crippen molar-refractivity contribution in [2.45, 2.75) is 12.0 Å². The maximum atomic E-state index is 5.17. The van der Waals surface area contributed by atoms with Crippen LogP contribution < -0.4 is 0 Å². The Morgan fingerprint density at radius 1 is 2.00 bits per heavy atom. The first-order valence-electron chi connectivity index (χ1n) is 1.48. The zero-order chi connectivity index (χ0) is 2.99. The zero-order valence-corrected chi connectivity index (χ0v) is 2.44. The van der Waals surface area contributed by atoms with E-state index in [1.807, 2.05) is 0 Å². The van der Waals surface area contributed by atoms with Crippen molar-refractivity contribution in [2.75, 3.05) is 0 Å². The van der Waals surface area contributed by atoms with E-state index in [-0.39, 0.29) is 0 Å². The fourth-order valence-corrected chi connectivity index (χ4v) is 0.0786. The van der Waals surface area contributed by atoms with Crippen LogP contribution in [0, 0.1) is 0 Å². The summed E-state index contributed by atoms with van der Waals surface area (Å²) in [7, 11) is 7.24. The van der Waals surface area contributed by atoms with Gasteiger partial charge in [0.1, 0.15) is 7.28 Å². The summed E-state index contributed by atoms with van der Waals surface area (Å²) in [6, 6.07) is 0. The molecular weight excluding hydrogens is 45.6 g/mol. The van der Waals surface area contributed by atoms with Crippen molar-refractivity contribution >= 4 is 15.1 Å². The van der Waals surface area contributed by atoms with E-state index >= 15 is 0 Å². The van der Waals surface area contributed by atoms with E-state index in [1.165, 1.54) is 0 Å². The lowest BCUT2D eigenvalue weighted by atomic mass is 9.87. The fraction of sp³-hybridized carbons (Fsp3) is 1.00. The first-order valence-corrected chi connectivity index (χ1v) is 1.48. The Hall–Kier alpha value is 0.130. The molecule has 1 saturated heterocycles. The SMILES string of the molecule is [B][C@H]1[B]C1. The summed E-state index contributed by atoms with van der Waals surface area (Å²) in [4.78, 5) is 0. The first-order chi connectivity index (χ1) is 1.89. The van der Waals surface area contributed by atoms with Gasteiger partial charge in [-0.3, -0.25) is 0 Å². The lowest BCUT2D eigenvalue weighted by Gasteiger charge is -1.53. The van der Waals surface area contributed by atoms with Gasteiger partial charge in [-0.1, -0.05) is 6.32 Å². The van der Waals surface area contributed by atoms with Crippen LogP contribution >= 0.6 is 0 Å². The predicted octanol–water partition coefficient (Wildman–Crippen LogP) is 0.0370. The van der Waals surface area contributed by atoms with Crippen LogP contribution in [-0.2, 0) is 0 Å². The molecule has 0 bridgehead atoms. The van der Waals surface area contributed by atoms with Crippen molar-refractivity contribution in [1.29, 1.82) is 0 Å². The molecule has 3 radical (unpaired) electrons. The van der Waals surface area contributed by atoms with E-state index in [2.05, 4.69) is 7.28 Å². The Morgan fingerprint density at radius 3 is 2.25 bits per heavy atom. The van der Waals surface area contributed by atoms with E-state index in [0.717, 1.165) is 6.32 Å². The molecule has 0 spiro atoms. The van der Waals surface area contributed by atoms with Crippen LogP contribution in [-0.4, -0.2) is 15.1 Å². The third kappa shape index (κ3) is 0.278. The van der Waals surface area contributed by atoms with E-state index in [9.17, 15) is 0 Å². The molecule has 17 valence electrons. The summed E-state index contributed by atoms with van der Waals surface area (Å²) in [5.74, 6) is 0. The quantitative estimate of drug-likeness (QED) is 0.339. The van der Waals surface area contributed by atoms with E-state index < -0.39 is 0 Å². The van der Waals surface area contributed by atoms with Gasteiger partial charge in [0.05, 0.1) is 7.85 Å². The second-order valence-corrected chi connectivity index (χ2v) is 1.14. The van der Waals surface area contributed by atoms with Gasteiger partial charge in [-0.2, -0.15) is 0 Å². The lowest BCUT2D eigenvalue weighted by molar-refractivity contribution is 1.56. The highest BCUT2D eigenvalue weighted by molar-refractivity contribution is 6.63. The van der Waals surface area contributed by atoms with Gasteiger partial charge in [0.2, 0.25) is 0 Å². The van der Waals surface area contributed by atoms with Crippen LogP contribution in [0.4, 0.5) is 0 Å². The van der Waals surface area contributed by atoms with Crippen LogP contribution in [0.3, 0.4) is 0 Å². The monoisotopic (exact) mass is 49.0 g/mol. The largest absolute Gasteiger partial charge is 0.109 e. The second-order valence-electron chi connectivity index (χ2n) is 1.14. The highest BCUT2D eigenvalue weighted by atomic mass is 13.8. The Morgan fingerprint density at radius 2 is 2.25 bits per heavy atom. The third-order valence-electron chi connectivity index (χ3n) is 0.508. The Labute approximate surface area is 28.2 Å². The molecule has 1 atom stereocenters. The molecule has 0 unspecified atom stereocenters. The summed E-state index contributed by atoms with van der Waals surface area (Å²) >= 11 is 0. The van der Waals surface area contributed by atoms with Gasteiger partial charge in [0.25, 0.3) is 0 Å². The Kier molecular flexibility index (Phi) is 0.320. The molecule has 0 aromatic heterocycles. The van der Waals surface area contributed by atoms with Crippen molar-refractivity contribution in [2.24, 2.45) is 0 Å². The average Bonchev–Trinajstić information content (AvgIpc) is 1.75. The van der Waals surface area contributed by atoms with E-state index in [0.29, 0.717) is 5.72 Å². The molecule has 0 aromatic rings. The normalized spacial score (nSPS) is 37.5. The molecule has 0 aliphatic carbocycles. The van der Waals surface area contributed by atoms with Gasteiger partial charge in [0, 0.05) is 0 Å². The summed E-state index contributed by atoms with van der Waals surface area (Å²) in [5, 5.41) is 0. The molecule has 1 aliphatic rings. The maximum absolute atomic E-state index is 5.17. The van der Waals surface area contributed by atoms with Gasteiger partial charge < -0.3 is 0 Å². The minimum Gasteiger partial charge on any atom is -0.109 e. The number of rotatable bonds is 0. The molecule has 1 rings (SSSR count). The number of hydrogen-bond acceptors (Lipinski definition) is 0. The first kappa shape index (κ1) is 2.37. The van der Waals surface area contributed by atoms with Crippen molar-refractivity contribution in [3.63, 3.8) is 0 Å². The fourth-order valence-electron chi connectivity index (χ4n) is 0.0786. The van der Waals surface area contributed by atoms with Crippen LogP contribution in [0.2, 0.25) is 12.0 Å². The molecule has 0 saturated carbocycles. The highest BCUT2D eigenvalue weighted by Crippen LogP contribution is 2.20. The molecule has 0 N–H and O–H groups in total. The van der Waals surface area contributed by atoms with Gasteiger partial charge in [-0.15, -0.1) is 5.72 Å². The molecule has 4 heavy (non-hydrogen) atoms. The Bertz CT molecular complexity index is 23.2. The van der Waals surface area contributed by atoms with Crippen LogP contribution in [0.15, 0.2) is 0 Å². The minimum atomic E-state index is 0.458. The smallest absolute Gasteiger partial charge is 0.101 e. The summed E-state index contributed by atoms with van der Waals surface area (Å²) in [5.41, 5.74) is 0.458. The van der Waals surface area contributed by atoms with E-state index in [1.54, 1.807) is 0 Å². The van der Waals surface area contributed by atoms with Crippen LogP contribution in [0.25, 0.3) is 0 Å². The topological polar surface area (TPSA) is 0 Å². The van der Waals surface area contributed by atoms with E-state index in [4.69, 9.17) is 7.85 Å². The second kappa shape index (κ2) is 0.540. The molecule has 1 heterocycles. The third-order valence-corrected chi connectivity index (χ3v) is 0.508. The van der Waals surface area contributed by atoms with Crippen LogP contribution in [0.5, 0.6) is 0 Å². The molecular formula is C2H3B2. The standard InChI is InChI=1S/C2H3B2/c3-2-1-4-2/h2H,1H2/t2-/m0/s1. The molecule has 0 aromatic carbocycles. The van der Waals surface area contributed by atoms with Gasteiger partial charge >= 0.3 is 0 Å². The van der Waals surface area contributed by atoms with Crippen molar-refractivity contribution in [3.8, 4) is 0 Å². The molecule has 0 nitrogen and oxygen atoms in total. The number of hydrogen-bond donors (Lipinski definition) is 0. The van der Waals surface area contributed by atoms with Gasteiger partial charge in [-0.25, -0.2) is 0 Å². The zero-order valence-electron chi connectivity index (χ0n) is 2.44. The van der Waals surface area contributed by atoms with Crippen LogP contribution in [0.1, 0.15) is 0 Å². The van der Waals surface area contributed by atoms with Crippen molar-refractivity contribution < 1.29 is 0 Å². The molecule has 1 aliphatic heterocycles. The highest BCUT2D eigenvalue weighted by Gasteiger charge is 2.14. The predicted molar refractivity (Wildman–Crippen MR) is 20.1 cm³/mol. The minimum absolute atomic E-state index is 0.458. The van der Waals surface area contributed by atoms with Gasteiger partial charge in [-0.05, 0) is 0 Å². The van der Waals surface area contributed by atoms with Crippen molar-refractivity contribution in [1.82, 2.24) is 0 Å². The molecule has 2 heteroatoms.